The molecule has 0 N–H and O–H groups in total. The fourth-order valence-corrected chi connectivity index (χ4v) is 2.06. The molecule has 0 bridgehead atoms. The van der Waals surface area contributed by atoms with E-state index < -0.39 is 5.97 Å². The number of aryl methyl sites for hydroxylation is 1. The van der Waals surface area contributed by atoms with Crippen molar-refractivity contribution in [3.05, 3.63) is 27.5 Å². The van der Waals surface area contributed by atoms with Crippen molar-refractivity contribution in [2.45, 2.75) is 6.92 Å². The highest BCUT2D eigenvalue weighted by atomic mass is 32.1. The number of Topliss-reactive ketones (excluding diaryl/α,β-unsaturated/α-hetero) is 1. The third-order valence-electron chi connectivity index (χ3n) is 2.03. The lowest BCUT2D eigenvalue weighted by Crippen LogP contribution is -2.00. The molecule has 0 aromatic carbocycles. The van der Waals surface area contributed by atoms with Gasteiger partial charge in [-0.3, -0.25) is 4.79 Å². The van der Waals surface area contributed by atoms with Gasteiger partial charge in [-0.05, 0) is 30.0 Å². The van der Waals surface area contributed by atoms with Gasteiger partial charge in [0.25, 0.3) is 0 Å². The zero-order valence-corrected chi connectivity index (χ0v) is 8.39. The minimum atomic E-state index is -0.511. The number of rotatable bonds is 1. The summed E-state index contributed by atoms with van der Waals surface area (Å²) in [5, 5.41) is 1.92. The summed E-state index contributed by atoms with van der Waals surface area (Å²) < 4.78 is 4.61. The molecule has 0 atom stereocenters. The number of carbonyl (C=O) groups is 2. The van der Waals surface area contributed by atoms with Crippen molar-refractivity contribution in [1.82, 2.24) is 0 Å². The molecule has 72 valence electrons. The second kappa shape index (κ2) is 3.38. The van der Waals surface area contributed by atoms with E-state index in [1.165, 1.54) is 11.3 Å². The van der Waals surface area contributed by atoms with Gasteiger partial charge in [-0.1, -0.05) is 0 Å². The maximum absolute atomic E-state index is 11.2. The molecule has 0 unspecified atom stereocenters. The molecule has 0 amide bonds. The van der Waals surface area contributed by atoms with E-state index in [9.17, 15) is 9.59 Å². The van der Waals surface area contributed by atoms with E-state index in [1.807, 2.05) is 18.4 Å². The lowest BCUT2D eigenvalue weighted by molar-refractivity contribution is -0.135. The zero-order chi connectivity index (χ0) is 10.1. The predicted octanol–water partition coefficient (Wildman–Crippen LogP) is 1.57. The van der Waals surface area contributed by atoms with Crippen LogP contribution in [0.25, 0.3) is 6.08 Å². The Morgan fingerprint density at radius 1 is 1.50 bits per heavy atom. The molecule has 0 aliphatic carbocycles. The normalized spacial score (nSPS) is 19.1. The van der Waals surface area contributed by atoms with Crippen molar-refractivity contribution in [3.63, 3.8) is 0 Å². The van der Waals surface area contributed by atoms with Crippen molar-refractivity contribution >= 4 is 29.2 Å². The fraction of sp³-hybridized carbons (Fsp3) is 0.200. The van der Waals surface area contributed by atoms with Crippen LogP contribution in [-0.4, -0.2) is 18.4 Å². The average Bonchev–Trinajstić information content (AvgIpc) is 2.67. The Morgan fingerprint density at radius 2 is 2.29 bits per heavy atom. The number of esters is 1. The van der Waals surface area contributed by atoms with Gasteiger partial charge in [-0.25, -0.2) is 4.79 Å². The lowest BCUT2D eigenvalue weighted by atomic mass is 10.1. The highest BCUT2D eigenvalue weighted by Crippen LogP contribution is 2.21. The summed E-state index contributed by atoms with van der Waals surface area (Å²) in [5.41, 5.74) is 1.23. The van der Waals surface area contributed by atoms with Crippen LogP contribution in [0.5, 0.6) is 0 Å². The number of cyclic esters (lactones) is 1. The van der Waals surface area contributed by atoms with E-state index in [4.69, 9.17) is 0 Å². The van der Waals surface area contributed by atoms with E-state index in [1.54, 1.807) is 6.08 Å². The van der Waals surface area contributed by atoms with E-state index in [0.29, 0.717) is 0 Å². The van der Waals surface area contributed by atoms with Crippen molar-refractivity contribution < 1.29 is 14.3 Å². The Morgan fingerprint density at radius 3 is 2.79 bits per heavy atom. The quantitative estimate of drug-likeness (QED) is 0.399. The molecule has 0 radical (unpaired) electrons. The van der Waals surface area contributed by atoms with Gasteiger partial charge in [0.15, 0.2) is 6.61 Å². The summed E-state index contributed by atoms with van der Waals surface area (Å²) >= 11 is 1.50. The summed E-state index contributed by atoms with van der Waals surface area (Å²) in [4.78, 5) is 23.3. The summed E-state index contributed by atoms with van der Waals surface area (Å²) in [6.07, 6.45) is 1.61. The lowest BCUT2D eigenvalue weighted by Gasteiger charge is -1.91. The Bertz CT molecular complexity index is 410. The number of ketones is 1. The van der Waals surface area contributed by atoms with E-state index in [2.05, 4.69) is 4.74 Å². The number of thiophene rings is 1. The van der Waals surface area contributed by atoms with Crippen LogP contribution < -0.4 is 0 Å². The SMILES string of the molecule is Cc1ccsc1/C=C1\C(=O)COC1=O. The van der Waals surface area contributed by atoms with Crippen LogP contribution in [0.15, 0.2) is 17.0 Å². The molecule has 2 heterocycles. The molecule has 1 aromatic heterocycles. The molecular weight excluding hydrogens is 200 g/mol. The van der Waals surface area contributed by atoms with Crippen LogP contribution in [0.2, 0.25) is 0 Å². The number of ether oxygens (including phenoxy) is 1. The van der Waals surface area contributed by atoms with E-state index in [0.717, 1.165) is 10.4 Å². The molecule has 14 heavy (non-hydrogen) atoms. The molecule has 1 fully saturated rings. The van der Waals surface area contributed by atoms with Gasteiger partial charge in [0.05, 0.1) is 0 Å². The summed E-state index contributed by atoms with van der Waals surface area (Å²) in [5.74, 6) is -0.745. The van der Waals surface area contributed by atoms with Crippen molar-refractivity contribution in [2.24, 2.45) is 0 Å². The van der Waals surface area contributed by atoms with E-state index in [-0.39, 0.29) is 18.0 Å². The monoisotopic (exact) mass is 208 g/mol. The topological polar surface area (TPSA) is 43.4 Å². The first kappa shape index (κ1) is 9.15. The number of hydrogen-bond donors (Lipinski definition) is 0. The van der Waals surface area contributed by atoms with Gasteiger partial charge in [-0.2, -0.15) is 0 Å². The zero-order valence-electron chi connectivity index (χ0n) is 7.57. The Hall–Kier alpha value is -1.42. The van der Waals surface area contributed by atoms with Crippen LogP contribution in [0.3, 0.4) is 0 Å². The second-order valence-corrected chi connectivity index (χ2v) is 3.97. The number of hydrogen-bond acceptors (Lipinski definition) is 4. The van der Waals surface area contributed by atoms with Crippen LogP contribution in [0, 0.1) is 6.92 Å². The Kier molecular flexibility index (Phi) is 2.21. The Labute approximate surface area is 85.0 Å². The first-order valence-electron chi connectivity index (χ1n) is 4.14. The second-order valence-electron chi connectivity index (χ2n) is 3.03. The smallest absolute Gasteiger partial charge is 0.342 e. The molecular formula is C10H8O3S. The van der Waals surface area contributed by atoms with Crippen molar-refractivity contribution in [1.29, 1.82) is 0 Å². The van der Waals surface area contributed by atoms with Gasteiger partial charge >= 0.3 is 5.97 Å². The fourth-order valence-electron chi connectivity index (χ4n) is 1.20. The molecule has 4 heteroatoms. The highest BCUT2D eigenvalue weighted by Gasteiger charge is 2.28. The van der Waals surface area contributed by atoms with Gasteiger partial charge < -0.3 is 4.74 Å². The molecule has 1 aliphatic rings. The third kappa shape index (κ3) is 1.48. The highest BCUT2D eigenvalue weighted by molar-refractivity contribution is 7.11. The van der Waals surface area contributed by atoms with E-state index >= 15 is 0 Å². The van der Waals surface area contributed by atoms with Gasteiger partial charge in [0.2, 0.25) is 5.78 Å². The molecule has 0 spiro atoms. The minimum absolute atomic E-state index is 0.116. The standard InChI is InChI=1S/C10H8O3S/c1-6-2-3-14-9(6)4-7-8(11)5-13-10(7)12/h2-4H,5H2,1H3/b7-4+. The van der Waals surface area contributed by atoms with Crippen LogP contribution in [-0.2, 0) is 14.3 Å². The van der Waals surface area contributed by atoms with Crippen LogP contribution in [0.4, 0.5) is 0 Å². The van der Waals surface area contributed by atoms with Crippen LogP contribution >= 0.6 is 11.3 Å². The van der Waals surface area contributed by atoms with Gasteiger partial charge in [0, 0.05) is 4.88 Å². The summed E-state index contributed by atoms with van der Waals surface area (Å²) in [6.45, 7) is 1.82. The van der Waals surface area contributed by atoms with Gasteiger partial charge in [-0.15, -0.1) is 11.3 Å². The third-order valence-corrected chi connectivity index (χ3v) is 3.00. The van der Waals surface area contributed by atoms with Crippen LogP contribution in [0.1, 0.15) is 10.4 Å². The van der Waals surface area contributed by atoms with Crippen molar-refractivity contribution in [3.8, 4) is 0 Å². The minimum Gasteiger partial charge on any atom is -0.454 e. The first-order valence-corrected chi connectivity index (χ1v) is 5.02. The molecule has 3 nitrogen and oxygen atoms in total. The first-order chi connectivity index (χ1) is 6.68. The molecule has 1 saturated heterocycles. The van der Waals surface area contributed by atoms with Gasteiger partial charge in [0.1, 0.15) is 5.57 Å². The maximum Gasteiger partial charge on any atom is 0.342 e. The predicted molar refractivity (Wildman–Crippen MR) is 53.0 cm³/mol. The average molecular weight is 208 g/mol. The molecule has 1 aromatic rings. The molecule has 0 saturated carbocycles. The molecule has 1 aliphatic heterocycles. The number of carbonyl (C=O) groups excluding carboxylic acids is 2. The largest absolute Gasteiger partial charge is 0.454 e. The van der Waals surface area contributed by atoms with Crippen molar-refractivity contribution in [2.75, 3.05) is 6.61 Å². The summed E-state index contributed by atoms with van der Waals surface area (Å²) in [7, 11) is 0. The maximum atomic E-state index is 11.2. The molecule has 2 rings (SSSR count). The Balaban J connectivity index is 2.39. The summed E-state index contributed by atoms with van der Waals surface area (Å²) in [6, 6.07) is 1.95.